The van der Waals surface area contributed by atoms with Crippen molar-refractivity contribution in [2.75, 3.05) is 30.5 Å². The molecule has 0 saturated heterocycles. The maximum absolute atomic E-state index is 12.2. The Labute approximate surface area is 138 Å². The van der Waals surface area contributed by atoms with Gasteiger partial charge in [0.1, 0.15) is 0 Å². The van der Waals surface area contributed by atoms with E-state index in [9.17, 15) is 4.21 Å². The minimum absolute atomic E-state index is 0.287. The van der Waals surface area contributed by atoms with Gasteiger partial charge in [-0.2, -0.15) is 0 Å². The number of aromatic nitrogens is 3. The summed E-state index contributed by atoms with van der Waals surface area (Å²) in [6.07, 6.45) is 0. The molecule has 1 unspecified atom stereocenters. The lowest BCUT2D eigenvalue weighted by molar-refractivity contribution is 0.549. The fraction of sp³-hybridized carbons (Fsp3) is 0.467. The summed E-state index contributed by atoms with van der Waals surface area (Å²) in [5.41, 5.74) is 0. The van der Waals surface area contributed by atoms with Crippen LogP contribution in [0.2, 0.25) is 0 Å². The maximum Gasteiger partial charge on any atom is 0.227 e. The van der Waals surface area contributed by atoms with Crippen molar-refractivity contribution >= 4 is 28.5 Å². The van der Waals surface area contributed by atoms with Gasteiger partial charge in [-0.15, -0.1) is 10.2 Å². The number of hydrogen-bond donors (Lipinski definition) is 0. The number of nitrogens with zero attached hydrogens (tertiary/aromatic N) is 4. The monoisotopic (exact) mass is 338 g/mol. The van der Waals surface area contributed by atoms with Crippen LogP contribution < -0.4 is 4.90 Å². The van der Waals surface area contributed by atoms with Crippen LogP contribution in [0.3, 0.4) is 0 Å². The van der Waals surface area contributed by atoms with Crippen molar-refractivity contribution in [1.82, 2.24) is 14.8 Å². The zero-order valence-electron chi connectivity index (χ0n) is 13.4. The fourth-order valence-corrected chi connectivity index (χ4v) is 4.37. The molecule has 120 valence electrons. The smallest absolute Gasteiger partial charge is 0.227 e. The van der Waals surface area contributed by atoms with Crippen LogP contribution in [0.25, 0.3) is 0 Å². The molecule has 1 aromatic carbocycles. The van der Waals surface area contributed by atoms with Gasteiger partial charge in [-0.1, -0.05) is 30.0 Å². The molecule has 0 N–H and O–H groups in total. The van der Waals surface area contributed by atoms with E-state index in [0.717, 1.165) is 21.8 Å². The second-order valence-electron chi connectivity index (χ2n) is 5.35. The lowest BCUT2D eigenvalue weighted by Gasteiger charge is -2.17. The standard InChI is InChI=1S/C15H22N4OS2/c1-12(2)19-14(18(3)4)16-17-15(19)21-10-11-22(20)13-8-6-5-7-9-13/h5-9,12H,10-11H2,1-4H3. The summed E-state index contributed by atoms with van der Waals surface area (Å²) in [5.74, 6) is 2.21. The highest BCUT2D eigenvalue weighted by atomic mass is 32.2. The second kappa shape index (κ2) is 7.78. The molecule has 0 aliphatic heterocycles. The molecule has 1 aromatic heterocycles. The summed E-state index contributed by atoms with van der Waals surface area (Å²) in [6, 6.07) is 9.86. The molecule has 0 spiro atoms. The van der Waals surface area contributed by atoms with Crippen LogP contribution in [0.4, 0.5) is 5.95 Å². The van der Waals surface area contributed by atoms with Crippen LogP contribution in [-0.2, 0) is 10.8 Å². The van der Waals surface area contributed by atoms with Crippen molar-refractivity contribution in [2.24, 2.45) is 0 Å². The van der Waals surface area contributed by atoms with Gasteiger partial charge in [0.2, 0.25) is 5.95 Å². The van der Waals surface area contributed by atoms with Crippen LogP contribution in [0.5, 0.6) is 0 Å². The molecule has 0 aliphatic rings. The van der Waals surface area contributed by atoms with Crippen LogP contribution in [0.1, 0.15) is 19.9 Å². The minimum Gasteiger partial charge on any atom is -0.347 e. The van der Waals surface area contributed by atoms with Gasteiger partial charge in [-0.25, -0.2) is 0 Å². The Hall–Kier alpha value is -1.34. The quantitative estimate of drug-likeness (QED) is 0.727. The van der Waals surface area contributed by atoms with Crippen LogP contribution >= 0.6 is 11.8 Å². The normalized spacial score (nSPS) is 12.6. The Morgan fingerprint density at radius 3 is 2.50 bits per heavy atom. The Morgan fingerprint density at radius 1 is 1.23 bits per heavy atom. The number of benzene rings is 1. The summed E-state index contributed by atoms with van der Waals surface area (Å²) in [6.45, 7) is 4.23. The molecular weight excluding hydrogens is 316 g/mol. The Morgan fingerprint density at radius 2 is 1.91 bits per heavy atom. The second-order valence-corrected chi connectivity index (χ2v) is 7.98. The van der Waals surface area contributed by atoms with Gasteiger partial charge in [-0.05, 0) is 26.0 Å². The zero-order valence-corrected chi connectivity index (χ0v) is 15.0. The molecule has 0 radical (unpaired) electrons. The van der Waals surface area contributed by atoms with E-state index < -0.39 is 10.8 Å². The summed E-state index contributed by atoms with van der Waals surface area (Å²) < 4.78 is 14.3. The van der Waals surface area contributed by atoms with Gasteiger partial charge in [0, 0.05) is 36.5 Å². The lowest BCUT2D eigenvalue weighted by atomic mass is 10.4. The van der Waals surface area contributed by atoms with Gasteiger partial charge in [0.05, 0.1) is 10.8 Å². The first kappa shape index (κ1) is 17.0. The Balaban J connectivity index is 1.99. The van der Waals surface area contributed by atoms with Crippen molar-refractivity contribution in [3.63, 3.8) is 0 Å². The molecule has 0 aliphatic carbocycles. The molecule has 7 heteroatoms. The zero-order chi connectivity index (χ0) is 16.1. The topological polar surface area (TPSA) is 51.0 Å². The molecule has 5 nitrogen and oxygen atoms in total. The van der Waals surface area contributed by atoms with Crippen LogP contribution in [0.15, 0.2) is 40.4 Å². The van der Waals surface area contributed by atoms with Crippen molar-refractivity contribution < 1.29 is 4.21 Å². The van der Waals surface area contributed by atoms with Crippen molar-refractivity contribution in [2.45, 2.75) is 29.9 Å². The first-order chi connectivity index (χ1) is 10.5. The van der Waals surface area contributed by atoms with E-state index >= 15 is 0 Å². The molecule has 22 heavy (non-hydrogen) atoms. The molecule has 2 aromatic rings. The van der Waals surface area contributed by atoms with Gasteiger partial charge >= 0.3 is 0 Å². The lowest BCUT2D eigenvalue weighted by Crippen LogP contribution is -2.17. The summed E-state index contributed by atoms with van der Waals surface area (Å²) in [7, 11) is 2.96. The van der Waals surface area contributed by atoms with E-state index in [1.54, 1.807) is 11.8 Å². The third-order valence-corrected chi connectivity index (χ3v) is 5.65. The highest BCUT2D eigenvalue weighted by Gasteiger charge is 2.16. The molecule has 1 atom stereocenters. The molecule has 0 fully saturated rings. The van der Waals surface area contributed by atoms with Crippen molar-refractivity contribution in [3.05, 3.63) is 30.3 Å². The first-order valence-electron chi connectivity index (χ1n) is 7.19. The van der Waals surface area contributed by atoms with Crippen LogP contribution in [-0.4, -0.2) is 44.6 Å². The SMILES string of the molecule is CC(C)n1c(SCCS(=O)c2ccccc2)nnc1N(C)C. The van der Waals surface area contributed by atoms with E-state index in [-0.39, 0.29) is 6.04 Å². The number of rotatable bonds is 7. The van der Waals surface area contributed by atoms with Gasteiger partial charge in [-0.3, -0.25) is 8.78 Å². The average Bonchev–Trinajstić information content (AvgIpc) is 2.92. The van der Waals surface area contributed by atoms with Gasteiger partial charge < -0.3 is 4.90 Å². The third-order valence-electron chi connectivity index (χ3n) is 3.07. The number of thioether (sulfide) groups is 1. The average molecular weight is 339 g/mol. The molecule has 0 bridgehead atoms. The largest absolute Gasteiger partial charge is 0.347 e. The van der Waals surface area contributed by atoms with Crippen molar-refractivity contribution in [3.8, 4) is 0 Å². The molecule has 2 rings (SSSR count). The third kappa shape index (κ3) is 4.10. The maximum atomic E-state index is 12.2. The van der Waals surface area contributed by atoms with E-state index in [4.69, 9.17) is 0 Å². The molecule has 0 saturated carbocycles. The van der Waals surface area contributed by atoms with Crippen LogP contribution in [0, 0.1) is 0 Å². The predicted molar refractivity (Wildman–Crippen MR) is 93.2 cm³/mol. The molecular formula is C15H22N4OS2. The Bertz CT molecular complexity index is 626. The number of hydrogen-bond acceptors (Lipinski definition) is 5. The number of anilines is 1. The summed E-state index contributed by atoms with van der Waals surface area (Å²) in [5, 5.41) is 9.38. The van der Waals surface area contributed by atoms with E-state index in [0.29, 0.717) is 5.75 Å². The van der Waals surface area contributed by atoms with Gasteiger partial charge in [0.25, 0.3) is 0 Å². The first-order valence-corrected chi connectivity index (χ1v) is 9.49. The highest BCUT2D eigenvalue weighted by Crippen LogP contribution is 2.25. The Kier molecular flexibility index (Phi) is 6.02. The van der Waals surface area contributed by atoms with E-state index in [2.05, 4.69) is 28.6 Å². The van der Waals surface area contributed by atoms with Crippen molar-refractivity contribution in [1.29, 1.82) is 0 Å². The van der Waals surface area contributed by atoms with E-state index in [1.807, 2.05) is 49.3 Å². The summed E-state index contributed by atoms with van der Waals surface area (Å²) >= 11 is 1.61. The summed E-state index contributed by atoms with van der Waals surface area (Å²) in [4.78, 5) is 2.83. The predicted octanol–water partition coefficient (Wildman–Crippen LogP) is 2.82. The highest BCUT2D eigenvalue weighted by molar-refractivity contribution is 8.00. The van der Waals surface area contributed by atoms with Gasteiger partial charge in [0.15, 0.2) is 5.16 Å². The molecule has 1 heterocycles. The minimum atomic E-state index is -0.965. The van der Waals surface area contributed by atoms with E-state index in [1.165, 1.54) is 0 Å². The molecule has 0 amide bonds. The fourth-order valence-electron chi connectivity index (χ4n) is 2.02.